The molecule has 5 rings (SSSR count). The second-order valence-electron chi connectivity index (χ2n) is 10.2. The predicted octanol–water partition coefficient (Wildman–Crippen LogP) is 3.62. The first-order chi connectivity index (χ1) is 17.5. The number of nitrogens with zero attached hydrogens (tertiary/aromatic N) is 2. The van der Waals surface area contributed by atoms with Gasteiger partial charge in [-0.3, -0.25) is 9.59 Å². The topological polar surface area (TPSA) is 115 Å². The smallest absolute Gasteiger partial charge is 0.268 e. The molecule has 1 amide bonds. The van der Waals surface area contributed by atoms with Gasteiger partial charge in [-0.2, -0.15) is 0 Å². The van der Waals surface area contributed by atoms with Crippen LogP contribution in [0.1, 0.15) is 44.0 Å². The third-order valence-corrected chi connectivity index (χ3v) is 8.16. The molecule has 1 N–H and O–H groups in total. The number of anilines is 1. The van der Waals surface area contributed by atoms with Crippen molar-refractivity contribution in [3.8, 4) is 22.8 Å². The molecule has 2 aliphatic heterocycles. The van der Waals surface area contributed by atoms with Crippen molar-refractivity contribution in [1.29, 1.82) is 0 Å². The van der Waals surface area contributed by atoms with Crippen molar-refractivity contribution in [2.75, 3.05) is 24.7 Å². The molecular formula is C27H29N3O6S. The normalized spacial score (nSPS) is 20.5. The summed E-state index contributed by atoms with van der Waals surface area (Å²) < 4.78 is 39.2. The van der Waals surface area contributed by atoms with E-state index in [1.165, 1.54) is 12.2 Å². The minimum atomic E-state index is -4.35. The van der Waals surface area contributed by atoms with Crippen molar-refractivity contribution in [3.63, 3.8) is 0 Å². The average Bonchev–Trinajstić information content (AvgIpc) is 3.14. The van der Waals surface area contributed by atoms with E-state index in [1.54, 1.807) is 18.2 Å². The molecule has 194 valence electrons. The molecule has 1 aliphatic carbocycles. The van der Waals surface area contributed by atoms with E-state index in [4.69, 9.17) is 14.5 Å². The van der Waals surface area contributed by atoms with E-state index in [2.05, 4.69) is 30.4 Å². The highest BCUT2D eigenvalue weighted by molar-refractivity contribution is 7.95. The number of ether oxygens (including phenoxy) is 2. The van der Waals surface area contributed by atoms with Gasteiger partial charge in [0.05, 0.1) is 11.3 Å². The lowest BCUT2D eigenvalue weighted by atomic mass is 9.97. The van der Waals surface area contributed by atoms with Crippen LogP contribution in [0, 0.1) is 5.92 Å². The number of ketones is 1. The Balaban J connectivity index is 1.55. The van der Waals surface area contributed by atoms with Crippen LogP contribution >= 0.6 is 0 Å². The van der Waals surface area contributed by atoms with Crippen molar-refractivity contribution in [1.82, 2.24) is 9.71 Å². The minimum Gasteiger partial charge on any atom is -0.486 e. The number of allylic oxidation sites excluding steroid dienone is 4. The molecular weight excluding hydrogens is 494 g/mol. The lowest BCUT2D eigenvalue weighted by Gasteiger charge is -2.34. The van der Waals surface area contributed by atoms with E-state index in [-0.39, 0.29) is 17.5 Å². The molecule has 1 aromatic carbocycles. The molecule has 37 heavy (non-hydrogen) atoms. The fourth-order valence-electron chi connectivity index (χ4n) is 5.15. The van der Waals surface area contributed by atoms with Crippen molar-refractivity contribution >= 4 is 27.5 Å². The fourth-order valence-corrected chi connectivity index (χ4v) is 6.25. The molecule has 0 unspecified atom stereocenters. The summed E-state index contributed by atoms with van der Waals surface area (Å²) >= 11 is 0. The van der Waals surface area contributed by atoms with Gasteiger partial charge >= 0.3 is 0 Å². The quantitative estimate of drug-likeness (QED) is 0.632. The van der Waals surface area contributed by atoms with E-state index < -0.39 is 26.6 Å². The molecule has 1 fully saturated rings. The monoisotopic (exact) mass is 523 g/mol. The maximum atomic E-state index is 13.4. The van der Waals surface area contributed by atoms with Gasteiger partial charge < -0.3 is 14.4 Å². The zero-order valence-corrected chi connectivity index (χ0v) is 21.8. The number of aromatic nitrogens is 1. The van der Waals surface area contributed by atoms with Gasteiger partial charge in [-0.1, -0.05) is 19.1 Å². The highest BCUT2D eigenvalue weighted by Gasteiger charge is 2.39. The average molecular weight is 524 g/mol. The van der Waals surface area contributed by atoms with Crippen LogP contribution in [-0.2, 0) is 14.8 Å². The van der Waals surface area contributed by atoms with Crippen LogP contribution in [0.3, 0.4) is 0 Å². The second kappa shape index (κ2) is 9.33. The van der Waals surface area contributed by atoms with Gasteiger partial charge in [-0.05, 0) is 62.6 Å². The highest BCUT2D eigenvalue weighted by Crippen LogP contribution is 2.39. The number of benzene rings is 1. The second-order valence-corrected chi connectivity index (χ2v) is 11.8. The van der Waals surface area contributed by atoms with E-state index in [1.807, 2.05) is 18.2 Å². The molecule has 1 aromatic heterocycles. The molecule has 9 nitrogen and oxygen atoms in total. The van der Waals surface area contributed by atoms with Gasteiger partial charge in [0.15, 0.2) is 17.3 Å². The number of hydrogen-bond donors (Lipinski definition) is 1. The Labute approximate surface area is 216 Å². The van der Waals surface area contributed by atoms with Gasteiger partial charge in [-0.15, -0.1) is 0 Å². The van der Waals surface area contributed by atoms with Crippen LogP contribution in [0.2, 0.25) is 0 Å². The molecule has 0 saturated carbocycles. The van der Waals surface area contributed by atoms with Gasteiger partial charge in [0.2, 0.25) is 0 Å². The lowest BCUT2D eigenvalue weighted by Crippen LogP contribution is -2.41. The summed E-state index contributed by atoms with van der Waals surface area (Å²) in [7, 11) is -4.35. The van der Waals surface area contributed by atoms with Gasteiger partial charge in [0, 0.05) is 24.1 Å². The number of carbonyl (C=O) groups is 2. The van der Waals surface area contributed by atoms with E-state index in [0.717, 1.165) is 12.0 Å². The molecule has 10 heteroatoms. The van der Waals surface area contributed by atoms with Crippen molar-refractivity contribution < 1.29 is 27.5 Å². The molecule has 3 aliphatic rings. The van der Waals surface area contributed by atoms with Crippen molar-refractivity contribution in [2.45, 2.75) is 39.2 Å². The molecule has 1 atom stereocenters. The zero-order chi connectivity index (χ0) is 26.4. The Morgan fingerprint density at radius 2 is 1.89 bits per heavy atom. The fraction of sp³-hybridized carbons (Fsp3) is 0.370. The largest absolute Gasteiger partial charge is 0.486 e. The van der Waals surface area contributed by atoms with Crippen molar-refractivity contribution in [2.24, 2.45) is 5.92 Å². The number of carbonyl (C=O) groups excluding carboxylic acids is 2. The maximum absolute atomic E-state index is 13.4. The summed E-state index contributed by atoms with van der Waals surface area (Å²) in [4.78, 5) is 32.0. The Morgan fingerprint density at radius 3 is 2.59 bits per heavy atom. The Hall–Kier alpha value is -3.66. The van der Waals surface area contributed by atoms with Crippen LogP contribution in [0.25, 0.3) is 11.3 Å². The lowest BCUT2D eigenvalue weighted by molar-refractivity contribution is -0.114. The van der Waals surface area contributed by atoms with Crippen LogP contribution in [0.4, 0.5) is 5.82 Å². The molecule has 0 spiro atoms. The Kier molecular flexibility index (Phi) is 6.31. The number of fused-ring (bicyclic) bond motifs is 1. The summed E-state index contributed by atoms with van der Waals surface area (Å²) in [6, 6.07) is 8.79. The number of rotatable bonds is 5. The van der Waals surface area contributed by atoms with E-state index in [9.17, 15) is 18.0 Å². The summed E-state index contributed by atoms with van der Waals surface area (Å²) in [5.41, 5.74) is 1.20. The summed E-state index contributed by atoms with van der Waals surface area (Å²) in [5.74, 6) is 0.617. The number of nitrogens with one attached hydrogen (secondary N) is 1. The zero-order valence-electron chi connectivity index (χ0n) is 21.0. The summed E-state index contributed by atoms with van der Waals surface area (Å²) in [5, 5.41) is 0. The molecule has 0 bridgehead atoms. The third kappa shape index (κ3) is 4.85. The van der Waals surface area contributed by atoms with Crippen LogP contribution in [0.15, 0.2) is 53.5 Å². The van der Waals surface area contributed by atoms with Crippen LogP contribution in [-0.4, -0.2) is 50.4 Å². The molecule has 3 heterocycles. The number of Topliss-reactive ketones (excluding diaryl/α,β-unsaturated/α-hetero) is 1. The highest BCUT2D eigenvalue weighted by atomic mass is 32.2. The Bertz CT molecular complexity index is 1440. The molecule has 0 radical (unpaired) electrons. The first-order valence-electron chi connectivity index (χ1n) is 12.2. The van der Waals surface area contributed by atoms with Crippen LogP contribution in [0.5, 0.6) is 11.5 Å². The van der Waals surface area contributed by atoms with E-state index in [0.29, 0.717) is 48.7 Å². The van der Waals surface area contributed by atoms with Crippen LogP contribution < -0.4 is 19.1 Å². The molecule has 2 aromatic rings. The van der Waals surface area contributed by atoms with Gasteiger partial charge in [0.25, 0.3) is 15.9 Å². The first kappa shape index (κ1) is 25.0. The third-order valence-electron chi connectivity index (χ3n) is 6.76. The maximum Gasteiger partial charge on any atom is 0.268 e. The van der Waals surface area contributed by atoms with Gasteiger partial charge in [0.1, 0.15) is 23.9 Å². The predicted molar refractivity (Wildman–Crippen MR) is 139 cm³/mol. The summed E-state index contributed by atoms with van der Waals surface area (Å²) in [6.07, 6.45) is 5.12. The minimum absolute atomic E-state index is 0.0299. The van der Waals surface area contributed by atoms with Crippen molar-refractivity contribution in [3.05, 3.63) is 59.0 Å². The Morgan fingerprint density at radius 1 is 1.14 bits per heavy atom. The summed E-state index contributed by atoms with van der Waals surface area (Å²) in [6.45, 7) is 7.88. The standard InChI is InChI=1S/C27H29N3O6S/c1-17-15-27(2,3)30(16-17)25-19(26(32)29-37(33,34)24-7-5-4-6-21(24)31)9-10-20(28-25)18-8-11-22-23(14-18)36-13-12-35-22/h4-5,7-11,14,17H,6,12-13,15-16H2,1-3H3,(H,29,32)/t17-/m0/s1. The van der Waals surface area contributed by atoms with E-state index >= 15 is 0 Å². The number of amides is 1. The number of hydrogen-bond acceptors (Lipinski definition) is 8. The number of pyridine rings is 1. The number of sulfonamides is 1. The first-order valence-corrected chi connectivity index (χ1v) is 13.7. The van der Waals surface area contributed by atoms with Gasteiger partial charge in [-0.25, -0.2) is 18.1 Å². The SMILES string of the molecule is C[C@@H]1CN(c2nc(-c3ccc4c(c3)OCCO4)ccc2C(=O)NS(=O)(=O)C2=CC=CCC2=O)C(C)(C)C1. The molecule has 1 saturated heterocycles.